The fourth-order valence-corrected chi connectivity index (χ4v) is 0.852. The SMILES string of the molecule is CCC(C)(O)CNC(COC)C(=O)O. The summed E-state index contributed by atoms with van der Waals surface area (Å²) in [5, 5.41) is 21.1. The number of aliphatic carboxylic acids is 1. The van der Waals surface area contributed by atoms with Gasteiger partial charge in [-0.2, -0.15) is 0 Å². The summed E-state index contributed by atoms with van der Waals surface area (Å²) in [6, 6.07) is -0.766. The van der Waals surface area contributed by atoms with Gasteiger partial charge in [-0.3, -0.25) is 10.1 Å². The lowest BCUT2D eigenvalue weighted by atomic mass is 10.0. The number of hydrogen-bond donors (Lipinski definition) is 3. The van der Waals surface area contributed by atoms with E-state index in [2.05, 4.69) is 5.32 Å². The zero-order chi connectivity index (χ0) is 11.2. The van der Waals surface area contributed by atoms with Gasteiger partial charge in [0.15, 0.2) is 0 Å². The molecule has 0 bridgehead atoms. The number of nitrogens with one attached hydrogen (secondary N) is 1. The molecule has 5 nitrogen and oxygen atoms in total. The molecule has 3 N–H and O–H groups in total. The second-order valence-corrected chi connectivity index (χ2v) is 3.58. The summed E-state index contributed by atoms with van der Waals surface area (Å²) in [5.74, 6) is -0.973. The van der Waals surface area contributed by atoms with Crippen molar-refractivity contribution >= 4 is 5.97 Å². The minimum atomic E-state index is -0.973. The van der Waals surface area contributed by atoms with Gasteiger partial charge in [0.25, 0.3) is 0 Å². The largest absolute Gasteiger partial charge is 0.480 e. The summed E-state index contributed by atoms with van der Waals surface area (Å²) in [5.41, 5.74) is -0.874. The van der Waals surface area contributed by atoms with E-state index in [1.54, 1.807) is 6.92 Å². The van der Waals surface area contributed by atoms with Crippen molar-refractivity contribution < 1.29 is 19.7 Å². The summed E-state index contributed by atoms with van der Waals surface area (Å²) in [6.07, 6.45) is 0.569. The van der Waals surface area contributed by atoms with E-state index in [1.807, 2.05) is 6.92 Å². The van der Waals surface area contributed by atoms with Crippen molar-refractivity contribution in [2.75, 3.05) is 20.3 Å². The van der Waals surface area contributed by atoms with Gasteiger partial charge in [-0.05, 0) is 13.3 Å². The van der Waals surface area contributed by atoms with Gasteiger partial charge in [0.05, 0.1) is 12.2 Å². The molecule has 0 fully saturated rings. The lowest BCUT2D eigenvalue weighted by Gasteiger charge is -2.24. The van der Waals surface area contributed by atoms with E-state index in [9.17, 15) is 9.90 Å². The fraction of sp³-hybridized carbons (Fsp3) is 0.889. The van der Waals surface area contributed by atoms with E-state index in [0.29, 0.717) is 6.42 Å². The number of hydrogen-bond acceptors (Lipinski definition) is 4. The van der Waals surface area contributed by atoms with Gasteiger partial charge in [0, 0.05) is 13.7 Å². The zero-order valence-corrected chi connectivity index (χ0v) is 8.91. The van der Waals surface area contributed by atoms with Gasteiger partial charge in [0.2, 0.25) is 0 Å². The number of carbonyl (C=O) groups is 1. The van der Waals surface area contributed by atoms with Crippen LogP contribution in [-0.2, 0) is 9.53 Å². The third kappa shape index (κ3) is 5.16. The number of rotatable bonds is 7. The minimum Gasteiger partial charge on any atom is -0.480 e. The Kier molecular flexibility index (Phi) is 5.68. The Morgan fingerprint density at radius 3 is 2.57 bits per heavy atom. The van der Waals surface area contributed by atoms with Crippen LogP contribution < -0.4 is 5.32 Å². The fourth-order valence-electron chi connectivity index (χ4n) is 0.852. The Labute approximate surface area is 84.1 Å². The molecule has 84 valence electrons. The van der Waals surface area contributed by atoms with Crippen LogP contribution in [0.5, 0.6) is 0 Å². The van der Waals surface area contributed by atoms with Crippen LogP contribution in [0.1, 0.15) is 20.3 Å². The van der Waals surface area contributed by atoms with Crippen LogP contribution in [0.2, 0.25) is 0 Å². The molecule has 0 saturated carbocycles. The maximum absolute atomic E-state index is 10.7. The van der Waals surface area contributed by atoms with Crippen LogP contribution in [0.3, 0.4) is 0 Å². The summed E-state index contributed by atoms with van der Waals surface area (Å²) in [4.78, 5) is 10.7. The van der Waals surface area contributed by atoms with Crippen molar-refractivity contribution in [3.05, 3.63) is 0 Å². The molecule has 2 unspecified atom stereocenters. The second-order valence-electron chi connectivity index (χ2n) is 3.58. The van der Waals surface area contributed by atoms with Crippen LogP contribution in [0, 0.1) is 0 Å². The third-order valence-corrected chi connectivity index (χ3v) is 2.12. The van der Waals surface area contributed by atoms with Crippen LogP contribution >= 0.6 is 0 Å². The number of carboxylic acids is 1. The molecule has 0 aromatic carbocycles. The third-order valence-electron chi connectivity index (χ3n) is 2.12. The highest BCUT2D eigenvalue weighted by Gasteiger charge is 2.22. The summed E-state index contributed by atoms with van der Waals surface area (Å²) in [7, 11) is 1.44. The molecule has 0 aromatic rings. The quantitative estimate of drug-likeness (QED) is 0.538. The molecule has 14 heavy (non-hydrogen) atoms. The predicted octanol–water partition coefficient (Wildman–Crippen LogP) is -0.163. The normalized spacial score (nSPS) is 17.4. The number of ether oxygens (including phenoxy) is 1. The molecule has 0 amide bonds. The molecule has 0 rings (SSSR count). The second kappa shape index (κ2) is 5.95. The van der Waals surface area contributed by atoms with Crippen molar-refractivity contribution in [1.29, 1.82) is 0 Å². The van der Waals surface area contributed by atoms with E-state index in [1.165, 1.54) is 7.11 Å². The van der Waals surface area contributed by atoms with Crippen molar-refractivity contribution in [3.63, 3.8) is 0 Å². The van der Waals surface area contributed by atoms with Gasteiger partial charge in [-0.15, -0.1) is 0 Å². The maximum Gasteiger partial charge on any atom is 0.323 e. The molecular weight excluding hydrogens is 186 g/mol. The maximum atomic E-state index is 10.7. The Balaban J connectivity index is 3.99. The Morgan fingerprint density at radius 1 is 1.64 bits per heavy atom. The van der Waals surface area contributed by atoms with Crippen molar-refractivity contribution in [3.8, 4) is 0 Å². The molecule has 0 aromatic heterocycles. The molecule has 0 heterocycles. The molecule has 0 aliphatic heterocycles. The standard InChI is InChI=1S/C9H19NO4/c1-4-9(2,13)6-10-7(5-14-3)8(11)12/h7,10,13H,4-6H2,1-3H3,(H,11,12). The average molecular weight is 205 g/mol. The number of methoxy groups -OCH3 is 1. The smallest absolute Gasteiger partial charge is 0.323 e. The van der Waals surface area contributed by atoms with Crippen molar-refractivity contribution in [1.82, 2.24) is 5.32 Å². The van der Waals surface area contributed by atoms with E-state index in [4.69, 9.17) is 9.84 Å². The monoisotopic (exact) mass is 205 g/mol. The molecule has 0 aliphatic rings. The summed E-state index contributed by atoms with van der Waals surface area (Å²) >= 11 is 0. The highest BCUT2D eigenvalue weighted by atomic mass is 16.5. The van der Waals surface area contributed by atoms with E-state index in [0.717, 1.165) is 0 Å². The number of carboxylic acid groups (broad SMARTS) is 1. The molecule has 5 heteroatoms. The van der Waals surface area contributed by atoms with Crippen molar-refractivity contribution in [2.45, 2.75) is 31.9 Å². The topological polar surface area (TPSA) is 78.8 Å². The molecule has 0 aliphatic carbocycles. The van der Waals surface area contributed by atoms with Crippen molar-refractivity contribution in [2.24, 2.45) is 0 Å². The number of aliphatic hydroxyl groups is 1. The molecule has 0 saturated heterocycles. The highest BCUT2D eigenvalue weighted by Crippen LogP contribution is 2.06. The van der Waals surface area contributed by atoms with E-state index >= 15 is 0 Å². The van der Waals surface area contributed by atoms with Gasteiger partial charge in [0.1, 0.15) is 6.04 Å². The molecule has 0 spiro atoms. The van der Waals surface area contributed by atoms with Crippen LogP contribution in [-0.4, -0.2) is 48.1 Å². The predicted molar refractivity (Wildman–Crippen MR) is 52.2 cm³/mol. The lowest BCUT2D eigenvalue weighted by Crippen LogP contribution is -2.47. The Bertz CT molecular complexity index is 182. The summed E-state index contributed by atoms with van der Waals surface area (Å²) in [6.45, 7) is 3.83. The van der Waals surface area contributed by atoms with Crippen LogP contribution in [0.25, 0.3) is 0 Å². The van der Waals surface area contributed by atoms with Crippen LogP contribution in [0.15, 0.2) is 0 Å². The van der Waals surface area contributed by atoms with E-state index < -0.39 is 17.6 Å². The molecule has 0 radical (unpaired) electrons. The summed E-state index contributed by atoms with van der Waals surface area (Å²) < 4.78 is 4.74. The van der Waals surface area contributed by atoms with Gasteiger partial charge in [-0.1, -0.05) is 6.92 Å². The zero-order valence-electron chi connectivity index (χ0n) is 8.91. The van der Waals surface area contributed by atoms with Crippen LogP contribution in [0.4, 0.5) is 0 Å². The molecular formula is C9H19NO4. The van der Waals surface area contributed by atoms with Gasteiger partial charge < -0.3 is 14.9 Å². The lowest BCUT2D eigenvalue weighted by molar-refractivity contribution is -0.141. The first-order valence-corrected chi connectivity index (χ1v) is 4.60. The van der Waals surface area contributed by atoms with Gasteiger partial charge in [-0.25, -0.2) is 0 Å². The van der Waals surface area contributed by atoms with E-state index in [-0.39, 0.29) is 13.2 Å². The highest BCUT2D eigenvalue weighted by molar-refractivity contribution is 5.73. The first-order valence-electron chi connectivity index (χ1n) is 4.60. The Morgan fingerprint density at radius 2 is 2.21 bits per heavy atom. The first-order chi connectivity index (χ1) is 6.43. The van der Waals surface area contributed by atoms with Gasteiger partial charge >= 0.3 is 5.97 Å². The molecule has 2 atom stereocenters. The Hall–Kier alpha value is -0.650. The average Bonchev–Trinajstić information content (AvgIpc) is 2.12. The first kappa shape index (κ1) is 13.4. The minimum absolute atomic E-state index is 0.0924.